The molecule has 116 valence electrons. The number of benzene rings is 1. The van der Waals surface area contributed by atoms with Gasteiger partial charge in [-0.05, 0) is 33.6 Å². The Morgan fingerprint density at radius 1 is 1.14 bits per heavy atom. The molecular formula is C17H20BrN3O. The molecule has 1 aliphatic rings. The summed E-state index contributed by atoms with van der Waals surface area (Å²) in [6.45, 7) is 4.55. The van der Waals surface area contributed by atoms with Gasteiger partial charge in [0, 0.05) is 30.3 Å². The Bertz CT molecular complexity index is 570. The molecule has 1 fully saturated rings. The number of nitrogens with one attached hydrogen (secondary N) is 1. The minimum absolute atomic E-state index is 0.216. The minimum Gasteiger partial charge on any atom is -0.379 e. The van der Waals surface area contributed by atoms with Crippen molar-refractivity contribution in [3.63, 3.8) is 0 Å². The quantitative estimate of drug-likeness (QED) is 0.886. The monoisotopic (exact) mass is 361 g/mol. The van der Waals surface area contributed by atoms with Crippen LogP contribution in [0.5, 0.6) is 0 Å². The van der Waals surface area contributed by atoms with E-state index in [1.165, 1.54) is 5.56 Å². The third-order valence-corrected chi connectivity index (χ3v) is 4.27. The van der Waals surface area contributed by atoms with Crippen LogP contribution in [0.15, 0.2) is 53.1 Å². The molecule has 0 spiro atoms. The molecule has 1 unspecified atom stereocenters. The molecule has 1 atom stereocenters. The third-order valence-electron chi connectivity index (χ3n) is 3.80. The zero-order valence-corrected chi connectivity index (χ0v) is 14.0. The van der Waals surface area contributed by atoms with E-state index in [-0.39, 0.29) is 6.04 Å². The summed E-state index contributed by atoms with van der Waals surface area (Å²) in [5.74, 6) is 0.894. The molecule has 2 aromatic rings. The fraction of sp³-hybridized carbons (Fsp3) is 0.353. The maximum atomic E-state index is 5.44. The second-order valence-corrected chi connectivity index (χ2v) is 6.30. The second kappa shape index (κ2) is 7.72. The molecule has 1 aliphatic heterocycles. The van der Waals surface area contributed by atoms with E-state index in [4.69, 9.17) is 4.74 Å². The first-order valence-electron chi connectivity index (χ1n) is 7.54. The van der Waals surface area contributed by atoms with Gasteiger partial charge in [0.1, 0.15) is 5.82 Å². The zero-order chi connectivity index (χ0) is 15.2. The van der Waals surface area contributed by atoms with Gasteiger partial charge in [-0.3, -0.25) is 4.90 Å². The van der Waals surface area contributed by atoms with Gasteiger partial charge in [0.05, 0.1) is 19.3 Å². The van der Waals surface area contributed by atoms with E-state index in [0.717, 1.165) is 43.1 Å². The average Bonchev–Trinajstić information content (AvgIpc) is 2.58. The fourth-order valence-electron chi connectivity index (χ4n) is 2.60. The first-order valence-corrected chi connectivity index (χ1v) is 8.34. The van der Waals surface area contributed by atoms with Crippen LogP contribution in [-0.2, 0) is 4.74 Å². The zero-order valence-electron chi connectivity index (χ0n) is 12.4. The van der Waals surface area contributed by atoms with Crippen molar-refractivity contribution in [2.24, 2.45) is 0 Å². The standard InChI is InChI=1S/C17H20BrN3O/c18-15-6-7-17(19-12-15)20-16(14-4-2-1-3-5-14)13-21-8-10-22-11-9-21/h1-7,12,16H,8-11,13H2,(H,19,20). The van der Waals surface area contributed by atoms with Gasteiger partial charge in [-0.1, -0.05) is 30.3 Å². The van der Waals surface area contributed by atoms with Crippen LogP contribution in [0.2, 0.25) is 0 Å². The average molecular weight is 362 g/mol. The summed E-state index contributed by atoms with van der Waals surface area (Å²) in [6, 6.07) is 14.8. The SMILES string of the molecule is Brc1ccc(NC(CN2CCOCC2)c2ccccc2)nc1. The molecule has 1 saturated heterocycles. The number of anilines is 1. The van der Waals surface area contributed by atoms with Gasteiger partial charge in [-0.15, -0.1) is 0 Å². The summed E-state index contributed by atoms with van der Waals surface area (Å²) in [5.41, 5.74) is 1.28. The molecule has 1 aromatic heterocycles. The van der Waals surface area contributed by atoms with Crippen molar-refractivity contribution >= 4 is 21.7 Å². The first kappa shape index (κ1) is 15.5. The van der Waals surface area contributed by atoms with Crippen LogP contribution >= 0.6 is 15.9 Å². The molecule has 0 saturated carbocycles. The van der Waals surface area contributed by atoms with Gasteiger partial charge in [0.25, 0.3) is 0 Å². The maximum absolute atomic E-state index is 5.44. The number of nitrogens with zero attached hydrogens (tertiary/aromatic N) is 2. The van der Waals surface area contributed by atoms with Gasteiger partial charge >= 0.3 is 0 Å². The summed E-state index contributed by atoms with van der Waals surface area (Å²) >= 11 is 3.42. The molecule has 22 heavy (non-hydrogen) atoms. The molecule has 2 heterocycles. The predicted molar refractivity (Wildman–Crippen MR) is 92.0 cm³/mol. The molecule has 0 radical (unpaired) electrons. The minimum atomic E-state index is 0.216. The summed E-state index contributed by atoms with van der Waals surface area (Å²) in [5, 5.41) is 3.56. The van der Waals surface area contributed by atoms with E-state index in [1.807, 2.05) is 24.4 Å². The highest BCUT2D eigenvalue weighted by molar-refractivity contribution is 9.10. The Hall–Kier alpha value is -1.43. The Morgan fingerprint density at radius 2 is 1.91 bits per heavy atom. The lowest BCUT2D eigenvalue weighted by Gasteiger charge is -2.31. The lowest BCUT2D eigenvalue weighted by Crippen LogP contribution is -2.40. The summed E-state index contributed by atoms with van der Waals surface area (Å²) in [6.07, 6.45) is 1.82. The fourth-order valence-corrected chi connectivity index (χ4v) is 2.84. The van der Waals surface area contributed by atoms with E-state index in [9.17, 15) is 0 Å². The van der Waals surface area contributed by atoms with E-state index >= 15 is 0 Å². The number of aromatic nitrogens is 1. The van der Waals surface area contributed by atoms with Crippen LogP contribution in [0.3, 0.4) is 0 Å². The van der Waals surface area contributed by atoms with Crippen LogP contribution in [-0.4, -0.2) is 42.7 Å². The van der Waals surface area contributed by atoms with Gasteiger partial charge in [0.2, 0.25) is 0 Å². The Labute approximate surface area is 139 Å². The van der Waals surface area contributed by atoms with Gasteiger partial charge < -0.3 is 10.1 Å². The first-order chi connectivity index (χ1) is 10.8. The van der Waals surface area contributed by atoms with Crippen LogP contribution in [0, 0.1) is 0 Å². The molecule has 0 aliphatic carbocycles. The molecule has 0 amide bonds. The van der Waals surface area contributed by atoms with Crippen LogP contribution < -0.4 is 5.32 Å². The van der Waals surface area contributed by atoms with Crippen LogP contribution in [0.4, 0.5) is 5.82 Å². The lowest BCUT2D eigenvalue weighted by molar-refractivity contribution is 0.0360. The molecule has 5 heteroatoms. The van der Waals surface area contributed by atoms with Gasteiger partial charge in [0.15, 0.2) is 0 Å². The summed E-state index contributed by atoms with van der Waals surface area (Å²) in [7, 11) is 0. The molecule has 3 rings (SSSR count). The molecular weight excluding hydrogens is 342 g/mol. The highest BCUT2D eigenvalue weighted by atomic mass is 79.9. The van der Waals surface area contributed by atoms with Crippen molar-refractivity contribution in [2.75, 3.05) is 38.2 Å². The predicted octanol–water partition coefficient (Wildman–Crippen LogP) is 3.33. The largest absolute Gasteiger partial charge is 0.379 e. The van der Waals surface area contributed by atoms with Crippen molar-refractivity contribution in [1.29, 1.82) is 0 Å². The van der Waals surface area contributed by atoms with Gasteiger partial charge in [-0.2, -0.15) is 0 Å². The maximum Gasteiger partial charge on any atom is 0.126 e. The lowest BCUT2D eigenvalue weighted by atomic mass is 10.1. The number of morpholine rings is 1. The van der Waals surface area contributed by atoms with Crippen LogP contribution in [0.25, 0.3) is 0 Å². The van der Waals surface area contributed by atoms with Crippen molar-refractivity contribution < 1.29 is 4.74 Å². The Kier molecular flexibility index (Phi) is 5.43. The van der Waals surface area contributed by atoms with Crippen LogP contribution in [0.1, 0.15) is 11.6 Å². The van der Waals surface area contributed by atoms with Crippen molar-refractivity contribution in [2.45, 2.75) is 6.04 Å². The van der Waals surface area contributed by atoms with E-state index in [1.54, 1.807) is 0 Å². The van der Waals surface area contributed by atoms with E-state index < -0.39 is 0 Å². The van der Waals surface area contributed by atoms with E-state index in [0.29, 0.717) is 0 Å². The Balaban J connectivity index is 1.74. The van der Waals surface area contributed by atoms with Gasteiger partial charge in [-0.25, -0.2) is 4.98 Å². The third kappa shape index (κ3) is 4.29. The topological polar surface area (TPSA) is 37.4 Å². The summed E-state index contributed by atoms with van der Waals surface area (Å²) < 4.78 is 6.43. The smallest absolute Gasteiger partial charge is 0.126 e. The second-order valence-electron chi connectivity index (χ2n) is 5.38. The molecule has 4 nitrogen and oxygen atoms in total. The van der Waals surface area contributed by atoms with E-state index in [2.05, 4.69) is 55.4 Å². The highest BCUT2D eigenvalue weighted by Gasteiger charge is 2.18. The number of pyridine rings is 1. The van der Waals surface area contributed by atoms with Crippen molar-refractivity contribution in [3.8, 4) is 0 Å². The number of halogens is 1. The number of hydrogen-bond acceptors (Lipinski definition) is 4. The summed E-state index contributed by atoms with van der Waals surface area (Å²) in [4.78, 5) is 6.87. The molecule has 1 aromatic carbocycles. The number of ether oxygens (including phenoxy) is 1. The number of rotatable bonds is 5. The van der Waals surface area contributed by atoms with Crippen molar-refractivity contribution in [3.05, 3.63) is 58.7 Å². The molecule has 0 bridgehead atoms. The van der Waals surface area contributed by atoms with Crippen molar-refractivity contribution in [1.82, 2.24) is 9.88 Å². The normalized spacial score (nSPS) is 17.1. The highest BCUT2D eigenvalue weighted by Crippen LogP contribution is 2.21. The molecule has 1 N–H and O–H groups in total. The number of hydrogen-bond donors (Lipinski definition) is 1. The Morgan fingerprint density at radius 3 is 2.59 bits per heavy atom.